The first-order valence-electron chi connectivity index (χ1n) is 7.29. The van der Waals surface area contributed by atoms with Gasteiger partial charge in [0.2, 0.25) is 0 Å². The third kappa shape index (κ3) is 9.29. The van der Waals surface area contributed by atoms with Crippen LogP contribution in [0.1, 0.15) is 34.6 Å². The van der Waals surface area contributed by atoms with Crippen molar-refractivity contribution >= 4 is 23.1 Å². The zero-order chi connectivity index (χ0) is 17.9. The van der Waals surface area contributed by atoms with E-state index in [1.807, 2.05) is 12.1 Å². The van der Waals surface area contributed by atoms with Crippen LogP contribution in [0.25, 0.3) is 0 Å². The molecule has 25 heavy (non-hydrogen) atoms. The number of benzene rings is 2. The number of hydrogen-bond donors (Lipinski definition) is 0. The second kappa shape index (κ2) is 11.8. The average molecular weight is 381 g/mol. The van der Waals surface area contributed by atoms with E-state index in [1.165, 1.54) is 13.8 Å². The normalized spacial score (nSPS) is 8.72. The molecule has 0 spiro atoms. The molecule has 131 valence electrons. The summed E-state index contributed by atoms with van der Waals surface area (Å²) >= 11 is 0. The van der Waals surface area contributed by atoms with Crippen LogP contribution in [-0.4, -0.2) is 23.1 Å². The van der Waals surface area contributed by atoms with Crippen molar-refractivity contribution in [2.24, 2.45) is 0 Å². The smallest absolute Gasteiger partial charge is 0.331 e. The molecule has 1 radical (unpaired) electrons. The van der Waals surface area contributed by atoms with Crippen LogP contribution in [0.4, 0.5) is 0 Å². The van der Waals surface area contributed by atoms with Gasteiger partial charge in [-0.3, -0.25) is 0 Å². The molecule has 0 N–H and O–H groups in total. The number of rotatable bonds is 6. The standard InChI is InChI=1S/2C10H9O2.Co/c2*1-8(11)7-10(12)9-5-3-2-4-6-9;/h2*2-7H,1H3;/q2*-1;+2. The average Bonchev–Trinajstić information content (AvgIpc) is 2.56. The van der Waals surface area contributed by atoms with Crippen molar-refractivity contribution in [3.8, 4) is 0 Å². The van der Waals surface area contributed by atoms with E-state index in [9.17, 15) is 19.2 Å². The summed E-state index contributed by atoms with van der Waals surface area (Å²) in [6.45, 7) is 2.72. The van der Waals surface area contributed by atoms with Crippen molar-refractivity contribution in [3.05, 3.63) is 84.6 Å². The predicted molar refractivity (Wildman–Crippen MR) is 91.5 cm³/mol. The molecule has 0 atom stereocenters. The van der Waals surface area contributed by atoms with Gasteiger partial charge in [-0.25, -0.2) is 0 Å². The first kappa shape index (κ1) is 22.4. The monoisotopic (exact) mass is 381 g/mol. The van der Waals surface area contributed by atoms with Crippen LogP contribution in [0.3, 0.4) is 0 Å². The summed E-state index contributed by atoms with van der Waals surface area (Å²) in [5.41, 5.74) is 1.10. The summed E-state index contributed by atoms with van der Waals surface area (Å²) in [4.78, 5) is 43.5. The molecule has 0 aliphatic heterocycles. The van der Waals surface area contributed by atoms with Crippen LogP contribution in [0.15, 0.2) is 60.7 Å². The minimum absolute atomic E-state index is 0. The Kier molecular flexibility index (Phi) is 10.6. The molecule has 4 nitrogen and oxygen atoms in total. The maximum atomic E-state index is 11.2. The van der Waals surface area contributed by atoms with Crippen LogP contribution in [0.2, 0.25) is 0 Å². The van der Waals surface area contributed by atoms with Crippen molar-refractivity contribution in [1.29, 1.82) is 0 Å². The number of hydrogen-bond acceptors (Lipinski definition) is 4. The van der Waals surface area contributed by atoms with Gasteiger partial charge >= 0.3 is 16.8 Å². The van der Waals surface area contributed by atoms with Gasteiger partial charge in [0.25, 0.3) is 0 Å². The quantitative estimate of drug-likeness (QED) is 0.437. The summed E-state index contributed by atoms with van der Waals surface area (Å²) in [5, 5.41) is 0. The van der Waals surface area contributed by atoms with Gasteiger partial charge in [0.05, 0.1) is 11.6 Å². The Balaban J connectivity index is 0.000000443. The Bertz CT molecular complexity index is 645. The second-order valence-electron chi connectivity index (χ2n) is 4.97. The molecule has 0 fully saturated rings. The SMILES string of the molecule is CC(=O)[CH-]C(=O)c1ccccc1.CC(=O)[CH-]C(=O)c1ccccc1.[Co+2]. The van der Waals surface area contributed by atoms with Crippen molar-refractivity contribution in [3.63, 3.8) is 0 Å². The van der Waals surface area contributed by atoms with E-state index in [1.54, 1.807) is 48.5 Å². The molecule has 0 amide bonds. The van der Waals surface area contributed by atoms with E-state index in [-0.39, 0.29) is 39.9 Å². The zero-order valence-corrected chi connectivity index (χ0v) is 14.9. The van der Waals surface area contributed by atoms with Gasteiger partial charge in [0.15, 0.2) is 0 Å². The molecule has 0 aromatic heterocycles. The van der Waals surface area contributed by atoms with E-state index in [4.69, 9.17) is 0 Å². The molecule has 2 aromatic carbocycles. The molecule has 0 aliphatic rings. The Morgan fingerprint density at radius 1 is 0.600 bits per heavy atom. The molecule has 0 saturated heterocycles. The first-order chi connectivity index (χ1) is 11.4. The summed E-state index contributed by atoms with van der Waals surface area (Å²) in [6, 6.07) is 17.4. The summed E-state index contributed by atoms with van der Waals surface area (Å²) in [7, 11) is 0. The third-order valence-corrected chi connectivity index (χ3v) is 2.79. The topological polar surface area (TPSA) is 68.3 Å². The van der Waals surface area contributed by atoms with Crippen molar-refractivity contribution in [2.45, 2.75) is 13.8 Å². The predicted octanol–water partition coefficient (Wildman–Crippen LogP) is 3.32. The van der Waals surface area contributed by atoms with Crippen LogP contribution in [0, 0.1) is 12.8 Å². The van der Waals surface area contributed by atoms with Gasteiger partial charge in [0.1, 0.15) is 0 Å². The summed E-state index contributed by atoms with van der Waals surface area (Å²) in [6.07, 6.45) is 2.19. The summed E-state index contributed by atoms with van der Waals surface area (Å²) in [5.74, 6) is -0.904. The van der Waals surface area contributed by atoms with E-state index in [2.05, 4.69) is 0 Å². The minimum atomic E-state index is -0.233. The van der Waals surface area contributed by atoms with Crippen molar-refractivity contribution in [1.82, 2.24) is 0 Å². The van der Waals surface area contributed by atoms with Crippen LogP contribution < -0.4 is 0 Å². The van der Waals surface area contributed by atoms with Crippen LogP contribution >= 0.6 is 0 Å². The fourth-order valence-electron chi connectivity index (χ4n) is 1.74. The molecule has 2 aromatic rings. The minimum Gasteiger partial charge on any atom is -0.331 e. The fraction of sp³-hybridized carbons (Fsp3) is 0.100. The van der Waals surface area contributed by atoms with Gasteiger partial charge in [-0.1, -0.05) is 36.4 Å². The maximum Gasteiger partial charge on any atom is 2.00 e. The van der Waals surface area contributed by atoms with Gasteiger partial charge in [-0.2, -0.15) is 0 Å². The van der Waals surface area contributed by atoms with Crippen LogP contribution in [-0.2, 0) is 26.4 Å². The Labute approximate surface area is 157 Å². The third-order valence-electron chi connectivity index (χ3n) is 2.79. The Morgan fingerprint density at radius 2 is 0.880 bits per heavy atom. The van der Waals surface area contributed by atoms with Crippen LogP contribution in [0.5, 0.6) is 0 Å². The van der Waals surface area contributed by atoms with Gasteiger partial charge < -0.3 is 19.2 Å². The number of ketones is 4. The Hall–Kier alpha value is -2.63. The molecule has 0 heterocycles. The molecule has 5 heteroatoms. The van der Waals surface area contributed by atoms with Crippen molar-refractivity contribution < 1.29 is 36.0 Å². The molecular formula is C20H18CoO4. The largest absolute Gasteiger partial charge is 2.00 e. The molecule has 0 unspecified atom stereocenters. The molecule has 0 bridgehead atoms. The Morgan fingerprint density at radius 3 is 1.12 bits per heavy atom. The van der Waals surface area contributed by atoms with E-state index >= 15 is 0 Å². The number of Topliss-reactive ketones (excluding diaryl/α,β-unsaturated/α-hetero) is 4. The van der Waals surface area contributed by atoms with Gasteiger partial charge in [0, 0.05) is 11.6 Å². The zero-order valence-electron chi connectivity index (χ0n) is 13.9. The molecule has 2 rings (SSSR count). The van der Waals surface area contributed by atoms with E-state index in [0.29, 0.717) is 11.1 Å². The van der Waals surface area contributed by atoms with Gasteiger partial charge in [-0.05, 0) is 13.8 Å². The number of carbonyl (C=O) groups is 4. The molecular weight excluding hydrogens is 363 g/mol. The van der Waals surface area contributed by atoms with E-state index in [0.717, 1.165) is 12.8 Å². The molecule has 0 aliphatic carbocycles. The second-order valence-corrected chi connectivity index (χ2v) is 4.97. The van der Waals surface area contributed by atoms with Gasteiger partial charge in [-0.15, -0.1) is 48.2 Å². The number of carbonyl (C=O) groups excluding carboxylic acids is 4. The summed E-state index contributed by atoms with van der Waals surface area (Å²) < 4.78 is 0. The van der Waals surface area contributed by atoms with Crippen molar-refractivity contribution in [2.75, 3.05) is 0 Å². The fourth-order valence-corrected chi connectivity index (χ4v) is 1.74. The van der Waals surface area contributed by atoms with E-state index < -0.39 is 0 Å². The maximum absolute atomic E-state index is 11.2. The molecule has 0 saturated carbocycles. The first-order valence-corrected chi connectivity index (χ1v) is 7.29.